The van der Waals surface area contributed by atoms with Crippen LogP contribution in [0.25, 0.3) is 0 Å². The standard InChI is InChI=1S/C15H18N4O/c16-13-10-14(19-15(18-13)11-6-7-11)17-8-9-20-12-4-2-1-3-5-12/h1-5,10-11H,6-9H2,(H3,16,17,18,19). The number of nitrogens with zero attached hydrogens (tertiary/aromatic N) is 2. The molecule has 0 aliphatic heterocycles. The van der Waals surface area contributed by atoms with Gasteiger partial charge in [0.05, 0.1) is 6.54 Å². The molecule has 104 valence electrons. The van der Waals surface area contributed by atoms with Gasteiger partial charge < -0.3 is 15.8 Å². The molecular weight excluding hydrogens is 252 g/mol. The van der Waals surface area contributed by atoms with E-state index < -0.39 is 0 Å². The molecule has 1 aliphatic carbocycles. The molecule has 3 N–H and O–H groups in total. The Morgan fingerprint density at radius 3 is 2.75 bits per heavy atom. The molecule has 0 atom stereocenters. The Kier molecular flexibility index (Phi) is 3.67. The molecule has 0 unspecified atom stereocenters. The third kappa shape index (κ3) is 3.38. The smallest absolute Gasteiger partial charge is 0.136 e. The molecule has 0 bridgehead atoms. The minimum atomic E-state index is 0.500. The quantitative estimate of drug-likeness (QED) is 0.789. The maximum absolute atomic E-state index is 5.80. The summed E-state index contributed by atoms with van der Waals surface area (Å²) >= 11 is 0. The van der Waals surface area contributed by atoms with Crippen molar-refractivity contribution in [1.29, 1.82) is 0 Å². The van der Waals surface area contributed by atoms with Gasteiger partial charge in [0.25, 0.3) is 0 Å². The van der Waals surface area contributed by atoms with Crippen molar-refractivity contribution in [3.8, 4) is 5.75 Å². The number of nitrogens with one attached hydrogen (secondary N) is 1. The minimum Gasteiger partial charge on any atom is -0.492 e. The van der Waals surface area contributed by atoms with Gasteiger partial charge in [-0.2, -0.15) is 0 Å². The Balaban J connectivity index is 1.51. The van der Waals surface area contributed by atoms with Crippen LogP contribution in [-0.2, 0) is 0 Å². The topological polar surface area (TPSA) is 73.1 Å². The van der Waals surface area contributed by atoms with Crippen LogP contribution >= 0.6 is 0 Å². The van der Waals surface area contributed by atoms with Crippen LogP contribution in [0, 0.1) is 0 Å². The van der Waals surface area contributed by atoms with Crippen LogP contribution in [0.3, 0.4) is 0 Å². The van der Waals surface area contributed by atoms with Gasteiger partial charge >= 0.3 is 0 Å². The van der Waals surface area contributed by atoms with Gasteiger partial charge in [-0.1, -0.05) is 18.2 Å². The van der Waals surface area contributed by atoms with Gasteiger partial charge in [-0.3, -0.25) is 0 Å². The highest BCUT2D eigenvalue weighted by Gasteiger charge is 2.27. The highest BCUT2D eigenvalue weighted by Crippen LogP contribution is 2.38. The highest BCUT2D eigenvalue weighted by molar-refractivity contribution is 5.45. The third-order valence-electron chi connectivity index (χ3n) is 3.13. The molecule has 1 fully saturated rings. The van der Waals surface area contributed by atoms with Gasteiger partial charge in [0.1, 0.15) is 29.8 Å². The fraction of sp³-hybridized carbons (Fsp3) is 0.333. The fourth-order valence-corrected chi connectivity index (χ4v) is 1.96. The van der Waals surface area contributed by atoms with E-state index in [1.807, 2.05) is 30.3 Å². The summed E-state index contributed by atoms with van der Waals surface area (Å²) in [5.41, 5.74) is 5.80. The molecular formula is C15H18N4O. The van der Waals surface area contributed by atoms with Crippen LogP contribution in [-0.4, -0.2) is 23.1 Å². The van der Waals surface area contributed by atoms with E-state index in [2.05, 4.69) is 15.3 Å². The molecule has 5 heteroatoms. The van der Waals surface area contributed by atoms with Gasteiger partial charge in [-0.05, 0) is 25.0 Å². The SMILES string of the molecule is Nc1cc(NCCOc2ccccc2)nc(C2CC2)n1. The van der Waals surface area contributed by atoms with E-state index in [-0.39, 0.29) is 0 Å². The number of aromatic nitrogens is 2. The van der Waals surface area contributed by atoms with Crippen molar-refractivity contribution in [2.24, 2.45) is 0 Å². The summed E-state index contributed by atoms with van der Waals surface area (Å²) in [5.74, 6) is 3.52. The number of para-hydroxylation sites is 1. The Hall–Kier alpha value is -2.30. The van der Waals surface area contributed by atoms with E-state index in [1.165, 1.54) is 12.8 Å². The van der Waals surface area contributed by atoms with Crippen molar-refractivity contribution in [1.82, 2.24) is 9.97 Å². The highest BCUT2D eigenvalue weighted by atomic mass is 16.5. The summed E-state index contributed by atoms with van der Waals surface area (Å²) in [7, 11) is 0. The number of nitrogens with two attached hydrogens (primary N) is 1. The summed E-state index contributed by atoms with van der Waals surface area (Å²) in [4.78, 5) is 8.75. The van der Waals surface area contributed by atoms with E-state index in [1.54, 1.807) is 6.07 Å². The number of rotatable bonds is 6. The van der Waals surface area contributed by atoms with E-state index in [0.717, 1.165) is 17.4 Å². The molecule has 3 rings (SSSR count). The van der Waals surface area contributed by atoms with Gasteiger partial charge in [-0.25, -0.2) is 9.97 Å². The average Bonchev–Trinajstić information content (AvgIpc) is 3.29. The van der Waals surface area contributed by atoms with E-state index in [0.29, 0.717) is 24.9 Å². The first kappa shape index (κ1) is 12.7. The zero-order valence-electron chi connectivity index (χ0n) is 11.2. The maximum atomic E-state index is 5.80. The number of ether oxygens (including phenoxy) is 1. The number of nitrogen functional groups attached to an aromatic ring is 1. The summed E-state index contributed by atoms with van der Waals surface area (Å²) < 4.78 is 5.61. The van der Waals surface area contributed by atoms with E-state index in [4.69, 9.17) is 10.5 Å². The third-order valence-corrected chi connectivity index (χ3v) is 3.13. The molecule has 1 saturated carbocycles. The monoisotopic (exact) mass is 270 g/mol. The predicted molar refractivity (Wildman–Crippen MR) is 78.8 cm³/mol. The zero-order chi connectivity index (χ0) is 13.8. The maximum Gasteiger partial charge on any atom is 0.136 e. The largest absolute Gasteiger partial charge is 0.492 e. The van der Waals surface area contributed by atoms with Gasteiger partial charge in [0.15, 0.2) is 0 Å². The first-order chi connectivity index (χ1) is 9.81. The molecule has 1 aliphatic rings. The Labute approximate surface area is 118 Å². The fourth-order valence-electron chi connectivity index (χ4n) is 1.96. The van der Waals surface area contributed by atoms with Crippen LogP contribution in [0.4, 0.5) is 11.6 Å². The molecule has 5 nitrogen and oxygen atoms in total. The lowest BCUT2D eigenvalue weighted by atomic mass is 10.3. The number of anilines is 2. The molecule has 20 heavy (non-hydrogen) atoms. The average molecular weight is 270 g/mol. The molecule has 0 spiro atoms. The minimum absolute atomic E-state index is 0.500. The predicted octanol–water partition coefficient (Wildman–Crippen LogP) is 2.43. The summed E-state index contributed by atoms with van der Waals surface area (Å²) in [6, 6.07) is 11.5. The van der Waals surface area contributed by atoms with Crippen LogP contribution in [0.5, 0.6) is 5.75 Å². The normalized spacial score (nSPS) is 14.0. The molecule has 0 radical (unpaired) electrons. The lowest BCUT2D eigenvalue weighted by Crippen LogP contribution is -2.13. The second-order valence-electron chi connectivity index (χ2n) is 4.90. The van der Waals surface area contributed by atoms with E-state index >= 15 is 0 Å². The second kappa shape index (κ2) is 5.77. The number of hydrogen-bond donors (Lipinski definition) is 2. The van der Waals surface area contributed by atoms with Crippen molar-refractivity contribution in [2.45, 2.75) is 18.8 Å². The lowest BCUT2D eigenvalue weighted by molar-refractivity contribution is 0.332. The summed E-state index contributed by atoms with van der Waals surface area (Å²) in [5, 5.41) is 3.22. The molecule has 1 aromatic carbocycles. The number of benzene rings is 1. The number of hydrogen-bond acceptors (Lipinski definition) is 5. The van der Waals surface area contributed by atoms with Gasteiger partial charge in [0.2, 0.25) is 0 Å². The Morgan fingerprint density at radius 1 is 1.20 bits per heavy atom. The first-order valence-electron chi connectivity index (χ1n) is 6.87. The van der Waals surface area contributed by atoms with Gasteiger partial charge in [0, 0.05) is 12.0 Å². The lowest BCUT2D eigenvalue weighted by Gasteiger charge is -2.09. The summed E-state index contributed by atoms with van der Waals surface area (Å²) in [6.45, 7) is 1.25. The first-order valence-corrected chi connectivity index (χ1v) is 6.87. The van der Waals surface area contributed by atoms with Crippen molar-refractivity contribution < 1.29 is 4.74 Å². The Bertz CT molecular complexity index is 569. The van der Waals surface area contributed by atoms with Crippen molar-refractivity contribution >= 4 is 11.6 Å². The summed E-state index contributed by atoms with van der Waals surface area (Å²) in [6.07, 6.45) is 2.33. The second-order valence-corrected chi connectivity index (χ2v) is 4.90. The zero-order valence-corrected chi connectivity index (χ0v) is 11.2. The van der Waals surface area contributed by atoms with Crippen LogP contribution < -0.4 is 15.8 Å². The van der Waals surface area contributed by atoms with E-state index in [9.17, 15) is 0 Å². The van der Waals surface area contributed by atoms with Crippen LogP contribution in [0.1, 0.15) is 24.6 Å². The molecule has 1 aromatic heterocycles. The molecule has 0 amide bonds. The van der Waals surface area contributed by atoms with Crippen molar-refractivity contribution in [2.75, 3.05) is 24.2 Å². The van der Waals surface area contributed by atoms with Gasteiger partial charge in [-0.15, -0.1) is 0 Å². The van der Waals surface area contributed by atoms with Crippen LogP contribution in [0.2, 0.25) is 0 Å². The molecule has 2 aromatic rings. The Morgan fingerprint density at radius 2 is 2.00 bits per heavy atom. The molecule has 1 heterocycles. The molecule has 0 saturated heterocycles. The van der Waals surface area contributed by atoms with Crippen LogP contribution in [0.15, 0.2) is 36.4 Å². The van der Waals surface area contributed by atoms with Crippen molar-refractivity contribution in [3.63, 3.8) is 0 Å². The van der Waals surface area contributed by atoms with Crippen molar-refractivity contribution in [3.05, 3.63) is 42.2 Å².